The molecular weight excluding hydrogens is 275 g/mol. The number of benzene rings is 1. The van der Waals surface area contributed by atoms with E-state index in [0.717, 1.165) is 29.7 Å². The molecule has 1 atom stereocenters. The Kier molecular flexibility index (Phi) is 5.10. The highest BCUT2D eigenvalue weighted by Crippen LogP contribution is 2.27. The van der Waals surface area contributed by atoms with Gasteiger partial charge in [-0.15, -0.1) is 0 Å². The van der Waals surface area contributed by atoms with E-state index in [4.69, 9.17) is 11.6 Å². The number of aromatic nitrogens is 1. The molecule has 0 fully saturated rings. The van der Waals surface area contributed by atoms with Crippen LogP contribution in [0, 0.1) is 12.7 Å². The van der Waals surface area contributed by atoms with Gasteiger partial charge in [0.05, 0.1) is 12.2 Å². The van der Waals surface area contributed by atoms with Crippen LogP contribution in [-0.2, 0) is 0 Å². The van der Waals surface area contributed by atoms with Crippen molar-refractivity contribution in [2.24, 2.45) is 0 Å². The predicted octanol–water partition coefficient (Wildman–Crippen LogP) is 4.27. The topological polar surface area (TPSA) is 24.9 Å². The third-order valence-electron chi connectivity index (χ3n) is 3.20. The molecule has 0 aliphatic heterocycles. The highest BCUT2D eigenvalue weighted by molar-refractivity contribution is 6.30. The molecule has 2 nitrogen and oxygen atoms in total. The molecule has 2 rings (SSSR count). The Bertz CT molecular complexity index is 586. The molecule has 106 valence electrons. The van der Waals surface area contributed by atoms with Crippen molar-refractivity contribution in [2.75, 3.05) is 6.54 Å². The Morgan fingerprint density at radius 1 is 1.30 bits per heavy atom. The van der Waals surface area contributed by atoms with Crippen LogP contribution in [0.5, 0.6) is 0 Å². The average molecular weight is 293 g/mol. The number of rotatable bonds is 5. The predicted molar refractivity (Wildman–Crippen MR) is 80.5 cm³/mol. The Morgan fingerprint density at radius 2 is 2.10 bits per heavy atom. The molecule has 0 saturated carbocycles. The monoisotopic (exact) mass is 292 g/mol. The average Bonchev–Trinajstić information content (AvgIpc) is 2.41. The van der Waals surface area contributed by atoms with E-state index in [9.17, 15) is 4.39 Å². The first kappa shape index (κ1) is 14.9. The summed E-state index contributed by atoms with van der Waals surface area (Å²) < 4.78 is 13.4. The minimum atomic E-state index is -0.322. The molecule has 1 N–H and O–H groups in total. The van der Waals surface area contributed by atoms with Crippen molar-refractivity contribution in [1.29, 1.82) is 0 Å². The number of halogens is 2. The molecule has 1 aromatic heterocycles. The molecule has 20 heavy (non-hydrogen) atoms. The van der Waals surface area contributed by atoms with E-state index in [1.165, 1.54) is 12.3 Å². The molecule has 0 spiro atoms. The van der Waals surface area contributed by atoms with Gasteiger partial charge in [-0.05, 0) is 54.8 Å². The summed E-state index contributed by atoms with van der Waals surface area (Å²) in [6.07, 6.45) is 3.92. The van der Waals surface area contributed by atoms with Gasteiger partial charge in [0.25, 0.3) is 0 Å². The van der Waals surface area contributed by atoms with Crippen LogP contribution in [0.25, 0.3) is 0 Å². The van der Waals surface area contributed by atoms with Crippen LogP contribution in [0.15, 0.2) is 36.7 Å². The summed E-state index contributed by atoms with van der Waals surface area (Å²) in [5.74, 6) is -0.322. The number of hydrogen-bond acceptors (Lipinski definition) is 2. The van der Waals surface area contributed by atoms with Crippen molar-refractivity contribution < 1.29 is 4.39 Å². The smallest absolute Gasteiger partial charge is 0.141 e. The molecule has 2 aromatic rings. The summed E-state index contributed by atoms with van der Waals surface area (Å²) >= 11 is 6.00. The molecule has 1 heterocycles. The third-order valence-corrected chi connectivity index (χ3v) is 3.44. The van der Waals surface area contributed by atoms with Crippen molar-refractivity contribution in [3.05, 3.63) is 64.2 Å². The fourth-order valence-corrected chi connectivity index (χ4v) is 2.47. The Labute approximate surface area is 124 Å². The summed E-state index contributed by atoms with van der Waals surface area (Å²) in [6, 6.07) is 7.21. The second kappa shape index (κ2) is 6.82. The van der Waals surface area contributed by atoms with Crippen LogP contribution in [0.1, 0.15) is 36.1 Å². The summed E-state index contributed by atoms with van der Waals surface area (Å²) in [5, 5.41) is 4.15. The van der Waals surface area contributed by atoms with Crippen molar-refractivity contribution in [1.82, 2.24) is 10.3 Å². The molecular formula is C16H18ClFN2. The first-order valence-corrected chi connectivity index (χ1v) is 7.09. The van der Waals surface area contributed by atoms with Gasteiger partial charge < -0.3 is 5.32 Å². The van der Waals surface area contributed by atoms with E-state index in [2.05, 4.69) is 17.2 Å². The lowest BCUT2D eigenvalue weighted by Crippen LogP contribution is -2.24. The molecule has 0 aliphatic carbocycles. The van der Waals surface area contributed by atoms with Gasteiger partial charge in [0, 0.05) is 11.2 Å². The number of nitrogens with one attached hydrogen (secondary N) is 1. The fourth-order valence-electron chi connectivity index (χ4n) is 2.25. The van der Waals surface area contributed by atoms with Gasteiger partial charge in [0.15, 0.2) is 0 Å². The Morgan fingerprint density at radius 3 is 2.75 bits per heavy atom. The summed E-state index contributed by atoms with van der Waals surface area (Å²) in [4.78, 5) is 3.94. The Balaban J connectivity index is 2.41. The number of nitrogens with zero attached hydrogens (tertiary/aromatic N) is 1. The van der Waals surface area contributed by atoms with E-state index >= 15 is 0 Å². The van der Waals surface area contributed by atoms with Crippen LogP contribution < -0.4 is 5.32 Å². The summed E-state index contributed by atoms with van der Waals surface area (Å²) in [6.45, 7) is 4.96. The van der Waals surface area contributed by atoms with E-state index < -0.39 is 0 Å². The maximum absolute atomic E-state index is 13.4. The highest BCUT2D eigenvalue weighted by atomic mass is 35.5. The first-order chi connectivity index (χ1) is 9.61. The summed E-state index contributed by atoms with van der Waals surface area (Å²) in [5.41, 5.74) is 2.99. The highest BCUT2D eigenvalue weighted by Gasteiger charge is 2.16. The minimum absolute atomic E-state index is 0.0737. The van der Waals surface area contributed by atoms with Crippen LogP contribution >= 0.6 is 11.6 Å². The van der Waals surface area contributed by atoms with Gasteiger partial charge in [-0.2, -0.15) is 0 Å². The molecule has 1 unspecified atom stereocenters. The lowest BCUT2D eigenvalue weighted by molar-refractivity contribution is 0.579. The van der Waals surface area contributed by atoms with Gasteiger partial charge in [0.2, 0.25) is 0 Å². The SMILES string of the molecule is CCCNC(c1cncc(F)c1)c1ccc(Cl)cc1C. The number of pyridine rings is 1. The zero-order chi connectivity index (χ0) is 14.5. The van der Waals surface area contributed by atoms with Crippen LogP contribution in [0.4, 0.5) is 4.39 Å². The zero-order valence-electron chi connectivity index (χ0n) is 11.7. The van der Waals surface area contributed by atoms with E-state index in [1.54, 1.807) is 6.20 Å². The standard InChI is InChI=1S/C16H18ClFN2/c1-3-6-20-16(12-8-14(18)10-19-9-12)15-5-4-13(17)7-11(15)2/h4-5,7-10,16,20H,3,6H2,1-2H3. The second-order valence-corrected chi connectivity index (χ2v) is 5.26. The third kappa shape index (κ3) is 3.56. The molecule has 0 amide bonds. The second-order valence-electron chi connectivity index (χ2n) is 4.82. The first-order valence-electron chi connectivity index (χ1n) is 6.71. The van der Waals surface area contributed by atoms with Crippen LogP contribution in [0.2, 0.25) is 5.02 Å². The van der Waals surface area contributed by atoms with Gasteiger partial charge in [-0.25, -0.2) is 4.39 Å². The molecule has 1 aromatic carbocycles. The largest absolute Gasteiger partial charge is 0.306 e. The minimum Gasteiger partial charge on any atom is -0.306 e. The van der Waals surface area contributed by atoms with Gasteiger partial charge >= 0.3 is 0 Å². The molecule has 4 heteroatoms. The van der Waals surface area contributed by atoms with Gasteiger partial charge in [-0.1, -0.05) is 24.6 Å². The molecule has 0 radical (unpaired) electrons. The van der Waals surface area contributed by atoms with Crippen molar-refractivity contribution in [3.8, 4) is 0 Å². The van der Waals surface area contributed by atoms with Gasteiger partial charge in [0.1, 0.15) is 5.82 Å². The lowest BCUT2D eigenvalue weighted by Gasteiger charge is -2.21. The normalized spacial score (nSPS) is 12.4. The number of aryl methyl sites for hydroxylation is 1. The van der Waals surface area contributed by atoms with Crippen molar-refractivity contribution in [2.45, 2.75) is 26.3 Å². The van der Waals surface area contributed by atoms with Crippen LogP contribution in [0.3, 0.4) is 0 Å². The molecule has 0 bridgehead atoms. The quantitative estimate of drug-likeness (QED) is 0.890. The Hall–Kier alpha value is -1.45. The van der Waals surface area contributed by atoms with E-state index in [-0.39, 0.29) is 11.9 Å². The maximum Gasteiger partial charge on any atom is 0.141 e. The fraction of sp³-hybridized carbons (Fsp3) is 0.312. The molecule has 0 aliphatic rings. The number of hydrogen-bond donors (Lipinski definition) is 1. The lowest BCUT2D eigenvalue weighted by atomic mass is 9.96. The van der Waals surface area contributed by atoms with Crippen LogP contribution in [-0.4, -0.2) is 11.5 Å². The van der Waals surface area contributed by atoms with Crippen molar-refractivity contribution >= 4 is 11.6 Å². The zero-order valence-corrected chi connectivity index (χ0v) is 12.4. The summed E-state index contributed by atoms with van der Waals surface area (Å²) in [7, 11) is 0. The van der Waals surface area contributed by atoms with E-state index in [0.29, 0.717) is 5.02 Å². The van der Waals surface area contributed by atoms with E-state index in [1.807, 2.05) is 25.1 Å². The maximum atomic E-state index is 13.4. The van der Waals surface area contributed by atoms with Crippen molar-refractivity contribution in [3.63, 3.8) is 0 Å². The molecule has 0 saturated heterocycles. The van der Waals surface area contributed by atoms with Gasteiger partial charge in [-0.3, -0.25) is 4.98 Å².